The van der Waals surface area contributed by atoms with Crippen molar-refractivity contribution in [1.29, 1.82) is 0 Å². The molecular formula is C13H10BrNOS2. The highest BCUT2D eigenvalue weighted by Crippen LogP contribution is 2.29. The number of allylic oxidation sites excluding steroid dienone is 2. The summed E-state index contributed by atoms with van der Waals surface area (Å²) >= 11 is 9.77. The molecule has 0 bridgehead atoms. The molecule has 0 spiro atoms. The number of rotatable bonds is 2. The van der Waals surface area contributed by atoms with Crippen molar-refractivity contribution in [2.75, 3.05) is 7.05 Å². The third-order valence-corrected chi connectivity index (χ3v) is 4.42. The molecule has 92 valence electrons. The summed E-state index contributed by atoms with van der Waals surface area (Å²) in [4.78, 5) is 13.9. The Morgan fingerprint density at radius 3 is 2.56 bits per heavy atom. The van der Waals surface area contributed by atoms with Crippen molar-refractivity contribution < 1.29 is 4.79 Å². The molecule has 0 unspecified atom stereocenters. The Hall–Kier alpha value is -0.910. The fraction of sp³-hybridized carbons (Fsp3) is 0.0769. The Morgan fingerprint density at radius 2 is 2.00 bits per heavy atom. The highest BCUT2D eigenvalue weighted by atomic mass is 79.9. The largest absolute Gasteiger partial charge is 0.296 e. The Bertz CT molecular complexity index is 549. The van der Waals surface area contributed by atoms with E-state index in [-0.39, 0.29) is 5.91 Å². The van der Waals surface area contributed by atoms with Crippen LogP contribution in [0.5, 0.6) is 0 Å². The Balaban J connectivity index is 2.09. The third kappa shape index (κ3) is 3.10. The van der Waals surface area contributed by atoms with E-state index in [4.69, 9.17) is 12.2 Å². The van der Waals surface area contributed by atoms with E-state index in [9.17, 15) is 4.79 Å². The summed E-state index contributed by atoms with van der Waals surface area (Å²) < 4.78 is 1.65. The average Bonchev–Trinajstić information content (AvgIpc) is 2.60. The summed E-state index contributed by atoms with van der Waals surface area (Å²) in [5.41, 5.74) is 1.08. The topological polar surface area (TPSA) is 20.3 Å². The number of halogens is 1. The number of amides is 1. The lowest BCUT2D eigenvalue weighted by Crippen LogP contribution is -2.22. The number of benzene rings is 1. The molecule has 0 aromatic heterocycles. The zero-order valence-electron chi connectivity index (χ0n) is 9.59. The van der Waals surface area contributed by atoms with Gasteiger partial charge in [-0.3, -0.25) is 9.69 Å². The van der Waals surface area contributed by atoms with Crippen LogP contribution in [0.3, 0.4) is 0 Å². The molecule has 1 aromatic carbocycles. The molecule has 1 amide bonds. The molecule has 0 radical (unpaired) electrons. The minimum absolute atomic E-state index is 0.0366. The minimum atomic E-state index is -0.0366. The van der Waals surface area contributed by atoms with Gasteiger partial charge in [-0.2, -0.15) is 0 Å². The molecule has 1 fully saturated rings. The summed E-state index contributed by atoms with van der Waals surface area (Å²) in [5, 5.41) is 0. The van der Waals surface area contributed by atoms with Gasteiger partial charge in [0.25, 0.3) is 5.91 Å². The summed E-state index contributed by atoms with van der Waals surface area (Å²) in [6.45, 7) is 0. The van der Waals surface area contributed by atoms with Gasteiger partial charge in [-0.05, 0) is 23.8 Å². The normalized spacial score (nSPS) is 18.3. The van der Waals surface area contributed by atoms with E-state index in [1.54, 1.807) is 13.1 Å². The molecule has 1 heterocycles. The van der Waals surface area contributed by atoms with Gasteiger partial charge < -0.3 is 0 Å². The lowest BCUT2D eigenvalue weighted by Gasteiger charge is -2.03. The van der Waals surface area contributed by atoms with Crippen molar-refractivity contribution in [1.82, 2.24) is 4.90 Å². The van der Waals surface area contributed by atoms with Crippen LogP contribution in [0.15, 0.2) is 45.8 Å². The van der Waals surface area contributed by atoms with Gasteiger partial charge in [0.15, 0.2) is 0 Å². The second-order valence-electron chi connectivity index (χ2n) is 3.67. The van der Waals surface area contributed by atoms with Crippen molar-refractivity contribution in [3.63, 3.8) is 0 Å². The smallest absolute Gasteiger partial charge is 0.265 e. The maximum atomic E-state index is 11.7. The van der Waals surface area contributed by atoms with Crippen molar-refractivity contribution in [2.24, 2.45) is 0 Å². The van der Waals surface area contributed by atoms with Crippen LogP contribution in [-0.4, -0.2) is 22.2 Å². The number of likely N-dealkylation sites (N-methyl/N-ethyl adjacent to an activating group) is 1. The second kappa shape index (κ2) is 5.82. The quantitative estimate of drug-likeness (QED) is 0.603. The molecule has 1 aliphatic heterocycles. The molecule has 1 aromatic rings. The Morgan fingerprint density at radius 1 is 1.33 bits per heavy atom. The van der Waals surface area contributed by atoms with E-state index in [2.05, 4.69) is 15.9 Å². The van der Waals surface area contributed by atoms with E-state index < -0.39 is 0 Å². The summed E-state index contributed by atoms with van der Waals surface area (Å²) in [5.74, 6) is -0.0366. The summed E-state index contributed by atoms with van der Waals surface area (Å²) in [6, 6.07) is 7.95. The van der Waals surface area contributed by atoms with E-state index in [0.717, 1.165) is 10.0 Å². The first-order valence-corrected chi connectivity index (χ1v) is 7.23. The maximum absolute atomic E-state index is 11.7. The van der Waals surface area contributed by atoms with Crippen LogP contribution in [0.25, 0.3) is 6.08 Å². The number of carbonyl (C=O) groups excluding carboxylic acids is 1. The minimum Gasteiger partial charge on any atom is -0.296 e. The van der Waals surface area contributed by atoms with Crippen LogP contribution < -0.4 is 0 Å². The molecule has 2 rings (SSSR count). The number of carbonyl (C=O) groups is 1. The van der Waals surface area contributed by atoms with Crippen molar-refractivity contribution >= 4 is 56.2 Å². The van der Waals surface area contributed by atoms with Crippen LogP contribution in [0.4, 0.5) is 0 Å². The highest BCUT2D eigenvalue weighted by molar-refractivity contribution is 9.10. The van der Waals surface area contributed by atoms with Gasteiger partial charge in [-0.15, -0.1) is 0 Å². The predicted octanol–water partition coefficient (Wildman–Crippen LogP) is 3.84. The van der Waals surface area contributed by atoms with Gasteiger partial charge in [0, 0.05) is 11.5 Å². The Kier molecular flexibility index (Phi) is 4.37. The van der Waals surface area contributed by atoms with Crippen LogP contribution in [-0.2, 0) is 4.79 Å². The van der Waals surface area contributed by atoms with E-state index in [1.807, 2.05) is 36.4 Å². The maximum Gasteiger partial charge on any atom is 0.265 e. The first-order chi connectivity index (χ1) is 8.58. The summed E-state index contributed by atoms with van der Waals surface area (Å²) in [6.07, 6.45) is 5.62. The SMILES string of the molecule is CN1C(=O)/C(=C/C=C/c2ccc(Br)cc2)SC1=S. The van der Waals surface area contributed by atoms with Gasteiger partial charge in [-0.25, -0.2) is 0 Å². The van der Waals surface area contributed by atoms with Gasteiger partial charge in [0.05, 0.1) is 4.91 Å². The number of thioether (sulfide) groups is 1. The number of hydrogen-bond donors (Lipinski definition) is 0. The lowest BCUT2D eigenvalue weighted by molar-refractivity contribution is -0.121. The molecule has 18 heavy (non-hydrogen) atoms. The van der Waals surface area contributed by atoms with Gasteiger partial charge in [0.1, 0.15) is 4.32 Å². The predicted molar refractivity (Wildman–Crippen MR) is 84.2 cm³/mol. The van der Waals surface area contributed by atoms with Gasteiger partial charge in [0.2, 0.25) is 0 Å². The van der Waals surface area contributed by atoms with Crippen molar-refractivity contribution in [3.8, 4) is 0 Å². The van der Waals surface area contributed by atoms with Gasteiger partial charge in [-0.1, -0.05) is 64.2 Å². The first-order valence-electron chi connectivity index (χ1n) is 5.22. The zero-order chi connectivity index (χ0) is 13.1. The molecule has 5 heteroatoms. The lowest BCUT2D eigenvalue weighted by atomic mass is 10.2. The molecular weight excluding hydrogens is 330 g/mol. The molecule has 0 aliphatic carbocycles. The fourth-order valence-electron chi connectivity index (χ4n) is 1.38. The van der Waals surface area contributed by atoms with Crippen LogP contribution in [0.1, 0.15) is 5.56 Å². The van der Waals surface area contributed by atoms with Crippen LogP contribution in [0, 0.1) is 0 Å². The van der Waals surface area contributed by atoms with Gasteiger partial charge >= 0.3 is 0 Å². The monoisotopic (exact) mass is 339 g/mol. The van der Waals surface area contributed by atoms with Crippen molar-refractivity contribution in [2.45, 2.75) is 0 Å². The zero-order valence-corrected chi connectivity index (χ0v) is 12.8. The molecule has 0 saturated carbocycles. The van der Waals surface area contributed by atoms with E-state index in [1.165, 1.54) is 16.7 Å². The molecule has 0 N–H and O–H groups in total. The van der Waals surface area contributed by atoms with Crippen molar-refractivity contribution in [3.05, 3.63) is 51.4 Å². The average molecular weight is 340 g/mol. The van der Waals surface area contributed by atoms with Crippen LogP contribution in [0.2, 0.25) is 0 Å². The van der Waals surface area contributed by atoms with Crippen LogP contribution >= 0.6 is 39.9 Å². The van der Waals surface area contributed by atoms with E-state index in [0.29, 0.717) is 9.23 Å². The summed E-state index contributed by atoms with van der Waals surface area (Å²) in [7, 11) is 1.69. The number of hydrogen-bond acceptors (Lipinski definition) is 3. The molecule has 0 atom stereocenters. The highest BCUT2D eigenvalue weighted by Gasteiger charge is 2.27. The number of thiocarbonyl (C=S) groups is 1. The fourth-order valence-corrected chi connectivity index (χ4v) is 2.78. The molecule has 1 saturated heterocycles. The van der Waals surface area contributed by atoms with E-state index >= 15 is 0 Å². The molecule has 1 aliphatic rings. The molecule has 2 nitrogen and oxygen atoms in total. The first kappa shape index (κ1) is 13.5. The second-order valence-corrected chi connectivity index (χ2v) is 6.27. The number of nitrogens with zero attached hydrogens (tertiary/aromatic N) is 1. The Labute approximate surface area is 124 Å². The third-order valence-electron chi connectivity index (χ3n) is 2.39. The standard InChI is InChI=1S/C13H10BrNOS2/c1-15-12(16)11(18-13(15)17)4-2-3-9-5-7-10(14)8-6-9/h2-8H,1H3/b3-2+,11-4-.